The Morgan fingerprint density at radius 3 is 3.00 bits per heavy atom. The van der Waals surface area contributed by atoms with E-state index in [1.54, 1.807) is 17.2 Å². The highest BCUT2D eigenvalue weighted by molar-refractivity contribution is 7.21. The van der Waals surface area contributed by atoms with Crippen LogP contribution in [0.5, 0.6) is 0 Å². The second-order valence-corrected chi connectivity index (χ2v) is 4.70. The van der Waals surface area contributed by atoms with E-state index in [4.69, 9.17) is 10.8 Å². The Balaban J connectivity index is 2.41. The van der Waals surface area contributed by atoms with Crippen LogP contribution >= 0.6 is 11.3 Å². The first kappa shape index (κ1) is 12.7. The number of nitrogens with two attached hydrogens (primary N) is 1. The summed E-state index contributed by atoms with van der Waals surface area (Å²) in [6, 6.07) is 1.74. The standard InChI is InChI=1S/C11H14N4O2S/c1-2-15(5-6-16)11(17)9-8(12)7-3-4-13-14-10(7)18-9/h3-4,16H,2,5-6,12H2,1H3. The first-order valence-corrected chi connectivity index (χ1v) is 6.40. The van der Waals surface area contributed by atoms with Gasteiger partial charge in [0.15, 0.2) is 0 Å². The number of amides is 1. The molecule has 18 heavy (non-hydrogen) atoms. The van der Waals surface area contributed by atoms with Crippen LogP contribution in [0.15, 0.2) is 12.3 Å². The Morgan fingerprint density at radius 2 is 2.39 bits per heavy atom. The largest absolute Gasteiger partial charge is 0.397 e. The quantitative estimate of drug-likeness (QED) is 0.851. The lowest BCUT2D eigenvalue weighted by Crippen LogP contribution is -2.33. The molecule has 0 unspecified atom stereocenters. The number of aliphatic hydroxyl groups is 1. The average Bonchev–Trinajstić information content (AvgIpc) is 2.73. The van der Waals surface area contributed by atoms with E-state index in [1.165, 1.54) is 11.3 Å². The number of rotatable bonds is 4. The lowest BCUT2D eigenvalue weighted by Gasteiger charge is -2.18. The lowest BCUT2D eigenvalue weighted by molar-refractivity contribution is 0.0738. The van der Waals surface area contributed by atoms with Crippen molar-refractivity contribution in [3.05, 3.63) is 17.1 Å². The Hall–Kier alpha value is -1.73. The molecule has 2 rings (SSSR count). The number of carbonyl (C=O) groups excluding carboxylic acids is 1. The molecule has 2 aromatic rings. The molecule has 2 heterocycles. The van der Waals surface area contributed by atoms with E-state index in [2.05, 4.69) is 10.2 Å². The van der Waals surface area contributed by atoms with Crippen LogP contribution in [-0.2, 0) is 0 Å². The van der Waals surface area contributed by atoms with Crippen molar-refractivity contribution in [1.29, 1.82) is 0 Å². The van der Waals surface area contributed by atoms with E-state index in [1.807, 2.05) is 6.92 Å². The fourth-order valence-electron chi connectivity index (χ4n) is 1.70. The van der Waals surface area contributed by atoms with E-state index in [0.29, 0.717) is 28.5 Å². The van der Waals surface area contributed by atoms with Crippen LogP contribution in [0.25, 0.3) is 10.2 Å². The molecule has 7 heteroatoms. The summed E-state index contributed by atoms with van der Waals surface area (Å²) in [6.07, 6.45) is 1.55. The number of carbonyl (C=O) groups is 1. The number of anilines is 1. The van der Waals surface area contributed by atoms with Gasteiger partial charge in [0, 0.05) is 18.5 Å². The molecule has 0 fully saturated rings. The summed E-state index contributed by atoms with van der Waals surface area (Å²) in [6.45, 7) is 2.62. The fourth-order valence-corrected chi connectivity index (χ4v) is 2.71. The first-order valence-electron chi connectivity index (χ1n) is 5.58. The van der Waals surface area contributed by atoms with E-state index in [-0.39, 0.29) is 12.5 Å². The molecular formula is C11H14N4O2S. The van der Waals surface area contributed by atoms with Crippen molar-refractivity contribution in [2.24, 2.45) is 0 Å². The highest BCUT2D eigenvalue weighted by atomic mass is 32.1. The van der Waals surface area contributed by atoms with Gasteiger partial charge in [-0.15, -0.1) is 16.4 Å². The van der Waals surface area contributed by atoms with Crippen molar-refractivity contribution in [3.63, 3.8) is 0 Å². The lowest BCUT2D eigenvalue weighted by atomic mass is 10.2. The van der Waals surface area contributed by atoms with Gasteiger partial charge in [-0.2, -0.15) is 5.10 Å². The predicted molar refractivity (Wildman–Crippen MR) is 70.5 cm³/mol. The van der Waals surface area contributed by atoms with Crippen LogP contribution in [0.3, 0.4) is 0 Å². The highest BCUT2D eigenvalue weighted by Gasteiger charge is 2.21. The molecule has 96 valence electrons. The molecule has 0 spiro atoms. The predicted octanol–water partition coefficient (Wildman–Crippen LogP) is 0.728. The third-order valence-electron chi connectivity index (χ3n) is 2.65. The molecule has 0 bridgehead atoms. The van der Waals surface area contributed by atoms with E-state index >= 15 is 0 Å². The maximum Gasteiger partial charge on any atom is 0.266 e. The molecule has 0 aliphatic carbocycles. The second-order valence-electron chi connectivity index (χ2n) is 3.70. The Kier molecular flexibility index (Phi) is 3.73. The van der Waals surface area contributed by atoms with Gasteiger partial charge in [0.2, 0.25) is 0 Å². The Bertz CT molecular complexity index is 569. The summed E-state index contributed by atoms with van der Waals surface area (Å²) in [5, 5.41) is 17.4. The van der Waals surface area contributed by atoms with Gasteiger partial charge in [-0.3, -0.25) is 4.79 Å². The van der Waals surface area contributed by atoms with Gasteiger partial charge in [-0.25, -0.2) is 0 Å². The first-order chi connectivity index (χ1) is 8.69. The maximum absolute atomic E-state index is 12.3. The number of likely N-dealkylation sites (N-methyl/N-ethyl adjacent to an activating group) is 1. The summed E-state index contributed by atoms with van der Waals surface area (Å²) in [7, 11) is 0. The van der Waals surface area contributed by atoms with Crippen molar-refractivity contribution < 1.29 is 9.90 Å². The molecule has 2 aromatic heterocycles. The summed E-state index contributed by atoms with van der Waals surface area (Å²) in [5.41, 5.74) is 6.40. The summed E-state index contributed by atoms with van der Waals surface area (Å²) >= 11 is 1.23. The molecule has 0 aliphatic heterocycles. The topological polar surface area (TPSA) is 92.3 Å². The number of hydrogen-bond donors (Lipinski definition) is 2. The number of aliphatic hydroxyl groups excluding tert-OH is 1. The monoisotopic (exact) mass is 266 g/mol. The minimum atomic E-state index is -0.174. The molecular weight excluding hydrogens is 252 g/mol. The SMILES string of the molecule is CCN(CCO)C(=O)c1sc2nnccc2c1N. The van der Waals surface area contributed by atoms with Gasteiger partial charge in [-0.05, 0) is 13.0 Å². The smallest absolute Gasteiger partial charge is 0.266 e. The Morgan fingerprint density at radius 1 is 1.61 bits per heavy atom. The fraction of sp³-hybridized carbons (Fsp3) is 0.364. The van der Waals surface area contributed by atoms with Crippen molar-refractivity contribution in [3.8, 4) is 0 Å². The number of thiophene rings is 1. The van der Waals surface area contributed by atoms with E-state index < -0.39 is 0 Å². The number of nitrogens with zero attached hydrogens (tertiary/aromatic N) is 3. The Labute approximate surface area is 108 Å². The van der Waals surface area contributed by atoms with Gasteiger partial charge >= 0.3 is 0 Å². The molecule has 0 saturated carbocycles. The van der Waals surface area contributed by atoms with Crippen LogP contribution in [0.2, 0.25) is 0 Å². The van der Waals surface area contributed by atoms with Gasteiger partial charge in [0.1, 0.15) is 9.71 Å². The molecule has 0 atom stereocenters. The molecule has 3 N–H and O–H groups in total. The number of fused-ring (bicyclic) bond motifs is 1. The molecule has 0 aromatic carbocycles. The zero-order valence-corrected chi connectivity index (χ0v) is 10.8. The molecule has 6 nitrogen and oxygen atoms in total. The van der Waals surface area contributed by atoms with Crippen LogP contribution in [-0.4, -0.2) is 45.8 Å². The summed E-state index contributed by atoms with van der Waals surface area (Å²) in [5.74, 6) is -0.174. The van der Waals surface area contributed by atoms with E-state index in [9.17, 15) is 4.79 Å². The van der Waals surface area contributed by atoms with E-state index in [0.717, 1.165) is 5.39 Å². The summed E-state index contributed by atoms with van der Waals surface area (Å²) in [4.78, 5) is 14.9. The van der Waals surface area contributed by atoms with Crippen molar-refractivity contribution in [2.45, 2.75) is 6.92 Å². The van der Waals surface area contributed by atoms with Crippen molar-refractivity contribution in [2.75, 3.05) is 25.4 Å². The van der Waals surface area contributed by atoms with Crippen LogP contribution < -0.4 is 5.73 Å². The molecule has 0 aliphatic rings. The van der Waals surface area contributed by atoms with Gasteiger partial charge < -0.3 is 15.7 Å². The molecule has 1 amide bonds. The van der Waals surface area contributed by atoms with Crippen molar-refractivity contribution in [1.82, 2.24) is 15.1 Å². The molecule has 0 saturated heterocycles. The third-order valence-corrected chi connectivity index (χ3v) is 3.75. The highest BCUT2D eigenvalue weighted by Crippen LogP contribution is 2.32. The zero-order chi connectivity index (χ0) is 13.1. The zero-order valence-electron chi connectivity index (χ0n) is 9.96. The third kappa shape index (κ3) is 2.14. The number of nitrogen functional groups attached to an aromatic ring is 1. The summed E-state index contributed by atoms with van der Waals surface area (Å²) < 4.78 is 0. The maximum atomic E-state index is 12.3. The van der Waals surface area contributed by atoms with Gasteiger partial charge in [0.05, 0.1) is 18.5 Å². The van der Waals surface area contributed by atoms with Gasteiger partial charge in [-0.1, -0.05) is 0 Å². The minimum absolute atomic E-state index is 0.0653. The average molecular weight is 266 g/mol. The number of hydrogen-bond acceptors (Lipinski definition) is 6. The molecule has 0 radical (unpaired) electrons. The number of aromatic nitrogens is 2. The normalized spacial score (nSPS) is 10.8. The van der Waals surface area contributed by atoms with Crippen LogP contribution in [0.1, 0.15) is 16.6 Å². The minimum Gasteiger partial charge on any atom is -0.397 e. The van der Waals surface area contributed by atoms with Gasteiger partial charge in [0.25, 0.3) is 5.91 Å². The van der Waals surface area contributed by atoms with Crippen LogP contribution in [0, 0.1) is 0 Å². The van der Waals surface area contributed by atoms with Crippen molar-refractivity contribution >= 4 is 33.1 Å². The second kappa shape index (κ2) is 5.28. The van der Waals surface area contributed by atoms with Crippen LogP contribution in [0.4, 0.5) is 5.69 Å².